The summed E-state index contributed by atoms with van der Waals surface area (Å²) in [5.41, 5.74) is -6.82. The van der Waals surface area contributed by atoms with Crippen LogP contribution in [0, 0.1) is 16.7 Å². The van der Waals surface area contributed by atoms with Gasteiger partial charge in [0.2, 0.25) is 0 Å². The van der Waals surface area contributed by atoms with Gasteiger partial charge in [-0.1, -0.05) is 43.7 Å². The molecule has 1 aromatic carbocycles. The summed E-state index contributed by atoms with van der Waals surface area (Å²) >= 11 is 0. The van der Waals surface area contributed by atoms with Crippen molar-refractivity contribution in [3.63, 3.8) is 0 Å². The van der Waals surface area contributed by atoms with Crippen LogP contribution in [0.25, 0.3) is 0 Å². The van der Waals surface area contributed by atoms with Gasteiger partial charge in [-0.05, 0) is 64.8 Å². The van der Waals surface area contributed by atoms with Crippen molar-refractivity contribution in [1.29, 1.82) is 0 Å². The molecule has 3 fully saturated rings. The summed E-state index contributed by atoms with van der Waals surface area (Å²) in [5.74, 6) is -4.51. The zero-order valence-corrected chi connectivity index (χ0v) is 30.8. The fraction of sp³-hybridized carbons (Fsp3) is 0.632. The fourth-order valence-electron chi connectivity index (χ4n) is 8.69. The lowest BCUT2D eigenvalue weighted by atomic mass is 9.44. The maximum atomic E-state index is 14.6. The van der Waals surface area contributed by atoms with Gasteiger partial charge in [-0.25, -0.2) is 14.4 Å². The topological polar surface area (TPSA) is 218 Å². The Kier molecular flexibility index (Phi) is 10.6. The molecule has 0 unspecified atom stereocenters. The van der Waals surface area contributed by atoms with Crippen molar-refractivity contribution in [2.75, 3.05) is 6.61 Å². The molecule has 4 aliphatic rings. The zero-order chi connectivity index (χ0) is 38.7. The van der Waals surface area contributed by atoms with Crippen molar-refractivity contribution in [2.24, 2.45) is 16.7 Å². The van der Waals surface area contributed by atoms with Crippen LogP contribution in [-0.4, -0.2) is 116 Å². The number of ether oxygens (including phenoxy) is 4. The molecule has 1 aliphatic heterocycles. The van der Waals surface area contributed by atoms with E-state index >= 15 is 0 Å². The summed E-state index contributed by atoms with van der Waals surface area (Å²) in [4.78, 5) is 54.6. The average Bonchev–Trinajstić information content (AvgIpc) is 3.06. The number of alkyl carbamates (subject to hydrolysis) is 1. The lowest BCUT2D eigenvalue weighted by Crippen LogP contribution is -2.81. The molecule has 0 aromatic heterocycles. The second kappa shape index (κ2) is 14.0. The maximum Gasteiger partial charge on any atom is 0.407 e. The SMILES string of the molecule is CC(C)=C[C@H](NC(=O)OC(C)C)[C@@H](O)C(=O)O[C@H]1C[C@@]2(O)[C@@H](OC(=O)c3ccccc3)[C@@H]3[C@]4(O)CO[C@@H]4C[C@H](O)[C@@]3(C)C(=O)[C@H](O)C(=C1C)C2(C)C. The monoisotopic (exact) mass is 729 g/mol. The fourth-order valence-corrected chi connectivity index (χ4v) is 8.69. The van der Waals surface area contributed by atoms with Crippen molar-refractivity contribution in [3.05, 3.63) is 58.7 Å². The van der Waals surface area contributed by atoms with E-state index in [1.807, 2.05) is 0 Å². The van der Waals surface area contributed by atoms with Crippen LogP contribution in [0.15, 0.2) is 53.1 Å². The van der Waals surface area contributed by atoms with Gasteiger partial charge in [0.25, 0.3) is 0 Å². The summed E-state index contributed by atoms with van der Waals surface area (Å²) in [5, 5.41) is 62.5. The van der Waals surface area contributed by atoms with Crippen LogP contribution in [0.3, 0.4) is 0 Å². The van der Waals surface area contributed by atoms with Crippen LogP contribution >= 0.6 is 0 Å². The van der Waals surface area contributed by atoms with Crippen LogP contribution in [0.5, 0.6) is 0 Å². The van der Waals surface area contributed by atoms with Crippen LogP contribution in [0.2, 0.25) is 0 Å². The molecule has 1 aromatic rings. The first-order chi connectivity index (χ1) is 24.1. The van der Waals surface area contributed by atoms with E-state index in [2.05, 4.69) is 5.32 Å². The number of ketones is 1. The van der Waals surface area contributed by atoms with E-state index in [4.69, 9.17) is 18.9 Å². The Labute approximate surface area is 302 Å². The first-order valence-corrected chi connectivity index (χ1v) is 17.6. The number of benzene rings is 1. The number of amides is 1. The number of esters is 2. The van der Waals surface area contributed by atoms with Crippen molar-refractivity contribution >= 4 is 23.8 Å². The molecule has 0 spiro atoms. The molecule has 286 valence electrons. The predicted octanol–water partition coefficient (Wildman–Crippen LogP) is 1.89. The summed E-state index contributed by atoms with van der Waals surface area (Å²) < 4.78 is 22.8. The highest BCUT2D eigenvalue weighted by atomic mass is 16.6. The molecule has 1 heterocycles. The maximum absolute atomic E-state index is 14.6. The van der Waals surface area contributed by atoms with Gasteiger partial charge in [0.15, 0.2) is 11.9 Å². The zero-order valence-electron chi connectivity index (χ0n) is 30.8. The lowest BCUT2D eigenvalue weighted by Gasteiger charge is -2.66. The Bertz CT molecular complexity index is 1650. The van der Waals surface area contributed by atoms with Gasteiger partial charge in [0, 0.05) is 24.2 Å². The third-order valence-corrected chi connectivity index (χ3v) is 11.6. The Morgan fingerprint density at radius 3 is 2.23 bits per heavy atom. The molecule has 1 amide bonds. The van der Waals surface area contributed by atoms with Gasteiger partial charge in [-0.3, -0.25) is 4.79 Å². The number of aliphatic hydroxyl groups excluding tert-OH is 3. The highest BCUT2D eigenvalue weighted by Crippen LogP contribution is 2.63. The van der Waals surface area contributed by atoms with Gasteiger partial charge in [0.05, 0.1) is 41.9 Å². The number of nitrogens with one attached hydrogen (secondary N) is 1. The number of hydrogen-bond donors (Lipinski definition) is 6. The summed E-state index contributed by atoms with van der Waals surface area (Å²) in [6.07, 6.45) is -10.2. The van der Waals surface area contributed by atoms with Crippen molar-refractivity contribution in [3.8, 4) is 0 Å². The van der Waals surface area contributed by atoms with E-state index in [9.17, 15) is 44.7 Å². The molecule has 5 rings (SSSR count). The minimum absolute atomic E-state index is 0.0374. The normalized spacial score (nSPS) is 36.1. The molecule has 3 aliphatic carbocycles. The molecule has 14 nitrogen and oxygen atoms in total. The second-order valence-corrected chi connectivity index (χ2v) is 15.9. The highest BCUT2D eigenvalue weighted by molar-refractivity contribution is 5.94. The Balaban J connectivity index is 1.63. The largest absolute Gasteiger partial charge is 0.456 e. The van der Waals surface area contributed by atoms with E-state index in [0.717, 1.165) is 0 Å². The highest BCUT2D eigenvalue weighted by Gasteiger charge is 2.76. The minimum atomic E-state index is -2.29. The number of hydrogen-bond acceptors (Lipinski definition) is 13. The number of fused-ring (bicyclic) bond motifs is 5. The molecule has 0 radical (unpaired) electrons. The third kappa shape index (κ3) is 6.36. The number of Topliss-reactive ketones (excluding diaryl/α,β-unsaturated/α-hetero) is 1. The molecule has 14 heteroatoms. The molecule has 52 heavy (non-hydrogen) atoms. The van der Waals surface area contributed by atoms with Crippen molar-refractivity contribution in [2.45, 2.75) is 128 Å². The molecule has 1 saturated heterocycles. The number of allylic oxidation sites excluding steroid dienone is 1. The average molecular weight is 730 g/mol. The Morgan fingerprint density at radius 2 is 1.67 bits per heavy atom. The van der Waals surface area contributed by atoms with Crippen LogP contribution in [0.4, 0.5) is 4.79 Å². The summed E-state index contributed by atoms with van der Waals surface area (Å²) in [7, 11) is 0. The molecular weight excluding hydrogens is 678 g/mol. The summed E-state index contributed by atoms with van der Waals surface area (Å²) in [6, 6.07) is 6.60. The smallest absolute Gasteiger partial charge is 0.407 e. The van der Waals surface area contributed by atoms with Gasteiger partial charge in [-0.2, -0.15) is 0 Å². The predicted molar refractivity (Wildman–Crippen MR) is 183 cm³/mol. The first kappa shape index (κ1) is 39.5. The Hall–Kier alpha value is -3.66. The van der Waals surface area contributed by atoms with Gasteiger partial charge in [-0.15, -0.1) is 0 Å². The minimum Gasteiger partial charge on any atom is -0.456 e. The number of rotatable bonds is 8. The quantitative estimate of drug-likeness (QED) is 0.128. The number of aliphatic hydroxyl groups is 5. The van der Waals surface area contributed by atoms with Gasteiger partial charge >= 0.3 is 18.0 Å². The molecule has 6 N–H and O–H groups in total. The van der Waals surface area contributed by atoms with Crippen LogP contribution < -0.4 is 5.32 Å². The molecular formula is C38H51NO13. The van der Waals surface area contributed by atoms with E-state index in [0.29, 0.717) is 5.57 Å². The molecule has 2 saturated carbocycles. The van der Waals surface area contributed by atoms with E-state index in [-0.39, 0.29) is 29.7 Å². The van der Waals surface area contributed by atoms with Crippen molar-refractivity contribution in [1.82, 2.24) is 5.32 Å². The number of carbonyl (C=O) groups excluding carboxylic acids is 4. The lowest BCUT2D eigenvalue weighted by molar-refractivity contribution is -0.343. The third-order valence-electron chi connectivity index (χ3n) is 11.6. The van der Waals surface area contributed by atoms with E-state index in [1.54, 1.807) is 59.7 Å². The summed E-state index contributed by atoms with van der Waals surface area (Å²) in [6.45, 7) is 12.3. The van der Waals surface area contributed by atoms with Crippen LogP contribution in [0.1, 0.15) is 78.6 Å². The first-order valence-electron chi connectivity index (χ1n) is 17.6. The van der Waals surface area contributed by atoms with Gasteiger partial charge < -0.3 is 49.8 Å². The standard InChI is InChI=1S/C38H51NO13/c1-18(2)14-22(39-34(46)50-19(3)4)27(41)33(45)51-23-16-38(48)31(52-32(44)21-12-10-9-11-13-21)29-36(8,24(40)15-25-37(29,47)17-49-25)30(43)28(42)26(20(23)5)35(38,6)7/h9-14,19,22-25,27-29,31,40-42,47-48H,15-17H2,1-8H3,(H,39,46)/t22-,23-,24-,25+,27+,28+,29-,31-,36+,37-,38+/m0/s1. The molecule has 2 bridgehead atoms. The molecule has 11 atom stereocenters. The van der Waals surface area contributed by atoms with E-state index in [1.165, 1.54) is 32.1 Å². The van der Waals surface area contributed by atoms with Gasteiger partial charge in [0.1, 0.15) is 29.5 Å². The Morgan fingerprint density at radius 1 is 1.04 bits per heavy atom. The van der Waals surface area contributed by atoms with E-state index < -0.39 is 107 Å². The number of carbonyl (C=O) groups is 4. The second-order valence-electron chi connectivity index (χ2n) is 15.9. The van der Waals surface area contributed by atoms with Crippen molar-refractivity contribution < 1.29 is 63.7 Å². The van der Waals surface area contributed by atoms with Crippen LogP contribution in [-0.2, 0) is 28.5 Å².